The van der Waals surface area contributed by atoms with Gasteiger partial charge in [-0.25, -0.2) is 4.52 Å². The van der Waals surface area contributed by atoms with E-state index in [1.807, 2.05) is 63.2 Å². The minimum Gasteiger partial charge on any atom is -0.494 e. The molecular weight excluding hydrogens is 392 g/mol. The van der Waals surface area contributed by atoms with Crippen LogP contribution in [0, 0.1) is 13.8 Å². The molecule has 0 radical (unpaired) electrons. The molecule has 1 N–H and O–H groups in total. The fraction of sp³-hybridized carbons (Fsp3) is 0.208. The van der Waals surface area contributed by atoms with Crippen LogP contribution in [-0.4, -0.2) is 26.7 Å². The summed E-state index contributed by atoms with van der Waals surface area (Å²) in [6, 6.07) is 15.1. The molecule has 2 aromatic heterocycles. The van der Waals surface area contributed by atoms with Crippen molar-refractivity contribution in [1.29, 1.82) is 0 Å². The number of carbonyl (C=O) groups is 1. The summed E-state index contributed by atoms with van der Waals surface area (Å²) in [5.41, 5.74) is 4.54. The van der Waals surface area contributed by atoms with Crippen molar-refractivity contribution < 1.29 is 9.53 Å². The van der Waals surface area contributed by atoms with Gasteiger partial charge in [-0.3, -0.25) is 9.59 Å². The Labute approximate surface area is 179 Å². The maximum absolute atomic E-state index is 12.9. The van der Waals surface area contributed by atoms with Crippen molar-refractivity contribution in [2.24, 2.45) is 0 Å². The number of ether oxygens (including phenoxy) is 1. The monoisotopic (exact) mass is 416 g/mol. The van der Waals surface area contributed by atoms with Gasteiger partial charge in [-0.15, -0.1) is 0 Å². The van der Waals surface area contributed by atoms with Crippen LogP contribution in [0.2, 0.25) is 0 Å². The van der Waals surface area contributed by atoms with Crippen molar-refractivity contribution in [2.45, 2.75) is 27.3 Å². The summed E-state index contributed by atoms with van der Waals surface area (Å²) in [6.45, 7) is 6.40. The number of hydrogen-bond donors (Lipinski definition) is 1. The van der Waals surface area contributed by atoms with E-state index in [0.717, 1.165) is 28.1 Å². The van der Waals surface area contributed by atoms with Crippen molar-refractivity contribution in [1.82, 2.24) is 14.2 Å². The number of fused-ring (bicyclic) bond motifs is 1. The molecule has 0 unspecified atom stereocenters. The van der Waals surface area contributed by atoms with E-state index in [-0.39, 0.29) is 18.0 Å². The number of aryl methyl sites for hydroxylation is 2. The Balaban J connectivity index is 1.56. The molecule has 0 aliphatic rings. The van der Waals surface area contributed by atoms with Crippen molar-refractivity contribution in [3.8, 4) is 17.0 Å². The van der Waals surface area contributed by atoms with E-state index in [2.05, 4.69) is 10.4 Å². The van der Waals surface area contributed by atoms with Gasteiger partial charge in [0.2, 0.25) is 5.91 Å². The number of carbonyl (C=O) groups excluding carboxylic acids is 1. The molecule has 4 aromatic rings. The van der Waals surface area contributed by atoms with Gasteiger partial charge >= 0.3 is 0 Å². The van der Waals surface area contributed by atoms with Crippen molar-refractivity contribution in [3.05, 3.63) is 82.4 Å². The van der Waals surface area contributed by atoms with E-state index in [9.17, 15) is 9.59 Å². The first-order valence-corrected chi connectivity index (χ1v) is 10.1. The molecular formula is C24H24N4O3. The van der Waals surface area contributed by atoms with Gasteiger partial charge in [-0.1, -0.05) is 17.7 Å². The van der Waals surface area contributed by atoms with Crippen LogP contribution in [0.1, 0.15) is 18.1 Å². The van der Waals surface area contributed by atoms with E-state index in [4.69, 9.17) is 4.74 Å². The number of hydrogen-bond acceptors (Lipinski definition) is 4. The molecule has 0 aliphatic heterocycles. The quantitative estimate of drug-likeness (QED) is 0.518. The third kappa shape index (κ3) is 4.35. The largest absolute Gasteiger partial charge is 0.494 e. The lowest BCUT2D eigenvalue weighted by molar-refractivity contribution is -0.116. The molecule has 0 saturated heterocycles. The molecule has 158 valence electrons. The van der Waals surface area contributed by atoms with Crippen LogP contribution >= 0.6 is 0 Å². The van der Waals surface area contributed by atoms with Crippen LogP contribution in [0.25, 0.3) is 16.8 Å². The standard InChI is InChI=1S/C24H24N4O3/c1-4-31-19-8-6-18(7-9-19)21-14-22-24(30)27(11-12-28(22)26-21)15-23(29)25-20-10-5-16(2)13-17(20)3/h5-14H,4,15H2,1-3H3,(H,25,29). The molecule has 4 rings (SSSR count). The van der Waals surface area contributed by atoms with Crippen LogP contribution in [0.5, 0.6) is 5.75 Å². The lowest BCUT2D eigenvalue weighted by atomic mass is 10.1. The van der Waals surface area contributed by atoms with Crippen LogP contribution < -0.4 is 15.6 Å². The van der Waals surface area contributed by atoms with E-state index in [0.29, 0.717) is 17.8 Å². The molecule has 31 heavy (non-hydrogen) atoms. The van der Waals surface area contributed by atoms with E-state index >= 15 is 0 Å². The number of nitrogens with zero attached hydrogens (tertiary/aromatic N) is 3. The third-order valence-corrected chi connectivity index (χ3v) is 5.03. The first-order valence-electron chi connectivity index (χ1n) is 10.1. The Bertz CT molecular complexity index is 1300. The summed E-state index contributed by atoms with van der Waals surface area (Å²) in [5, 5.41) is 7.36. The van der Waals surface area contributed by atoms with Gasteiger partial charge in [0, 0.05) is 23.6 Å². The number of amides is 1. The number of anilines is 1. The zero-order valence-electron chi connectivity index (χ0n) is 17.8. The Hall–Kier alpha value is -3.87. The van der Waals surface area contributed by atoms with Gasteiger partial charge in [0.05, 0.1) is 12.3 Å². The molecule has 2 aromatic carbocycles. The van der Waals surface area contributed by atoms with Gasteiger partial charge in [-0.05, 0) is 62.7 Å². The van der Waals surface area contributed by atoms with Gasteiger partial charge < -0.3 is 14.6 Å². The fourth-order valence-electron chi connectivity index (χ4n) is 3.48. The Morgan fingerprint density at radius 3 is 2.55 bits per heavy atom. The molecule has 2 heterocycles. The highest BCUT2D eigenvalue weighted by molar-refractivity contribution is 5.91. The van der Waals surface area contributed by atoms with Gasteiger partial charge in [0.25, 0.3) is 5.56 Å². The molecule has 0 fully saturated rings. The fourth-order valence-corrected chi connectivity index (χ4v) is 3.48. The highest BCUT2D eigenvalue weighted by Crippen LogP contribution is 2.22. The molecule has 0 saturated carbocycles. The van der Waals surface area contributed by atoms with E-state index < -0.39 is 0 Å². The zero-order valence-corrected chi connectivity index (χ0v) is 17.8. The normalized spacial score (nSPS) is 10.9. The maximum Gasteiger partial charge on any atom is 0.277 e. The third-order valence-electron chi connectivity index (χ3n) is 5.03. The van der Waals surface area contributed by atoms with Gasteiger partial charge in [0.1, 0.15) is 17.8 Å². The molecule has 0 spiro atoms. The predicted molar refractivity (Wildman–Crippen MR) is 121 cm³/mol. The average molecular weight is 416 g/mol. The SMILES string of the molecule is CCOc1ccc(-c2cc3c(=O)n(CC(=O)Nc4ccc(C)cc4C)ccn3n2)cc1. The summed E-state index contributed by atoms with van der Waals surface area (Å²) < 4.78 is 8.39. The van der Waals surface area contributed by atoms with Crippen LogP contribution in [0.4, 0.5) is 5.69 Å². The van der Waals surface area contributed by atoms with Crippen molar-refractivity contribution in [2.75, 3.05) is 11.9 Å². The topological polar surface area (TPSA) is 77.6 Å². The highest BCUT2D eigenvalue weighted by atomic mass is 16.5. The second-order valence-electron chi connectivity index (χ2n) is 7.41. The molecule has 0 aliphatic carbocycles. The number of benzene rings is 2. The molecule has 0 atom stereocenters. The minimum atomic E-state index is -0.275. The molecule has 7 nitrogen and oxygen atoms in total. The first kappa shape index (κ1) is 20.4. The summed E-state index contributed by atoms with van der Waals surface area (Å²) in [6.07, 6.45) is 3.26. The highest BCUT2D eigenvalue weighted by Gasteiger charge is 2.12. The van der Waals surface area contributed by atoms with Crippen molar-refractivity contribution >= 4 is 17.1 Å². The summed E-state index contributed by atoms with van der Waals surface area (Å²) >= 11 is 0. The Morgan fingerprint density at radius 1 is 1.06 bits per heavy atom. The molecule has 1 amide bonds. The summed E-state index contributed by atoms with van der Waals surface area (Å²) in [4.78, 5) is 25.4. The second kappa shape index (κ2) is 8.47. The van der Waals surface area contributed by atoms with E-state index in [1.54, 1.807) is 18.5 Å². The van der Waals surface area contributed by atoms with Gasteiger partial charge in [-0.2, -0.15) is 5.10 Å². The number of rotatable bonds is 6. The second-order valence-corrected chi connectivity index (χ2v) is 7.41. The Morgan fingerprint density at radius 2 is 1.84 bits per heavy atom. The smallest absolute Gasteiger partial charge is 0.277 e. The van der Waals surface area contributed by atoms with Crippen LogP contribution in [-0.2, 0) is 11.3 Å². The lowest BCUT2D eigenvalue weighted by Gasteiger charge is -2.10. The lowest BCUT2D eigenvalue weighted by Crippen LogP contribution is -2.28. The Kier molecular flexibility index (Phi) is 5.58. The number of nitrogens with one attached hydrogen (secondary N) is 1. The van der Waals surface area contributed by atoms with Crippen LogP contribution in [0.3, 0.4) is 0 Å². The summed E-state index contributed by atoms with van der Waals surface area (Å²) in [5.74, 6) is 0.525. The first-order chi connectivity index (χ1) is 14.9. The van der Waals surface area contributed by atoms with Crippen LogP contribution in [0.15, 0.2) is 65.7 Å². The molecule has 0 bridgehead atoms. The van der Waals surface area contributed by atoms with Gasteiger partial charge in [0.15, 0.2) is 0 Å². The minimum absolute atomic E-state index is 0.0772. The number of aromatic nitrogens is 3. The maximum atomic E-state index is 12.9. The predicted octanol–water partition coefficient (Wildman–Crippen LogP) is 3.82. The van der Waals surface area contributed by atoms with Crippen molar-refractivity contribution in [3.63, 3.8) is 0 Å². The summed E-state index contributed by atoms with van der Waals surface area (Å²) in [7, 11) is 0. The average Bonchev–Trinajstić information content (AvgIpc) is 3.18. The zero-order chi connectivity index (χ0) is 22.0. The molecule has 7 heteroatoms. The van der Waals surface area contributed by atoms with E-state index in [1.165, 1.54) is 9.08 Å².